The molecule has 19 heavy (non-hydrogen) atoms. The summed E-state index contributed by atoms with van der Waals surface area (Å²) < 4.78 is 1.97. The summed E-state index contributed by atoms with van der Waals surface area (Å²) in [6, 6.07) is 6.18. The zero-order valence-corrected chi connectivity index (χ0v) is 11.2. The van der Waals surface area contributed by atoms with Crippen LogP contribution in [0.15, 0.2) is 30.6 Å². The summed E-state index contributed by atoms with van der Waals surface area (Å²) in [6.07, 6.45) is 8.43. The number of benzene rings is 1. The van der Waals surface area contributed by atoms with Gasteiger partial charge in [-0.3, -0.25) is 4.79 Å². The first kappa shape index (κ1) is 12.2. The normalized spacial score (nSPS) is 13.5. The Morgan fingerprint density at radius 1 is 1.32 bits per heavy atom. The van der Waals surface area contributed by atoms with Crippen molar-refractivity contribution in [2.45, 2.75) is 32.1 Å². The van der Waals surface area contributed by atoms with Gasteiger partial charge in [0, 0.05) is 37.8 Å². The van der Waals surface area contributed by atoms with Crippen LogP contribution in [0, 0.1) is 0 Å². The van der Waals surface area contributed by atoms with Gasteiger partial charge in [0.25, 0.3) is 0 Å². The second kappa shape index (κ2) is 5.00. The van der Waals surface area contributed by atoms with Crippen molar-refractivity contribution in [3.05, 3.63) is 53.1 Å². The highest BCUT2D eigenvalue weighted by molar-refractivity contribution is 5.96. The fourth-order valence-corrected chi connectivity index (χ4v) is 2.75. The predicted molar refractivity (Wildman–Crippen MR) is 74.3 cm³/mol. The van der Waals surface area contributed by atoms with Crippen LogP contribution >= 0.6 is 0 Å². The number of imidazole rings is 1. The average molecular weight is 254 g/mol. The molecular weight excluding hydrogens is 236 g/mol. The second-order valence-electron chi connectivity index (χ2n) is 5.21. The molecule has 1 aromatic carbocycles. The molecule has 1 aliphatic rings. The van der Waals surface area contributed by atoms with Crippen LogP contribution in [-0.4, -0.2) is 15.3 Å². The maximum atomic E-state index is 12.2. The van der Waals surface area contributed by atoms with Crippen molar-refractivity contribution >= 4 is 5.78 Å². The molecule has 3 nitrogen and oxygen atoms in total. The van der Waals surface area contributed by atoms with E-state index in [4.69, 9.17) is 0 Å². The Balaban J connectivity index is 1.69. The molecule has 3 rings (SSSR count). The van der Waals surface area contributed by atoms with Crippen LogP contribution in [0.5, 0.6) is 0 Å². The first-order valence-corrected chi connectivity index (χ1v) is 6.85. The molecular formula is C16H18N2O. The number of aryl methyl sites for hydroxylation is 4. The molecule has 0 atom stereocenters. The van der Waals surface area contributed by atoms with Crippen molar-refractivity contribution < 1.29 is 4.79 Å². The van der Waals surface area contributed by atoms with Crippen LogP contribution in [0.4, 0.5) is 0 Å². The van der Waals surface area contributed by atoms with Crippen molar-refractivity contribution in [2.24, 2.45) is 7.05 Å². The first-order valence-electron chi connectivity index (χ1n) is 6.85. The Labute approximate surface area is 113 Å². The van der Waals surface area contributed by atoms with Crippen molar-refractivity contribution in [2.75, 3.05) is 0 Å². The third-order valence-electron chi connectivity index (χ3n) is 3.92. The van der Waals surface area contributed by atoms with E-state index in [9.17, 15) is 4.79 Å². The second-order valence-corrected chi connectivity index (χ2v) is 5.21. The molecule has 0 saturated carbocycles. The average Bonchev–Trinajstić information content (AvgIpc) is 3.03. The Morgan fingerprint density at radius 3 is 2.95 bits per heavy atom. The number of Topliss-reactive ketones (excluding diaryl/α,β-unsaturated/α-hetero) is 1. The van der Waals surface area contributed by atoms with E-state index in [1.165, 1.54) is 17.5 Å². The molecule has 0 bridgehead atoms. The van der Waals surface area contributed by atoms with Gasteiger partial charge in [0.2, 0.25) is 0 Å². The third-order valence-corrected chi connectivity index (χ3v) is 3.92. The summed E-state index contributed by atoms with van der Waals surface area (Å²) in [5, 5.41) is 0. The van der Waals surface area contributed by atoms with Gasteiger partial charge >= 0.3 is 0 Å². The zero-order chi connectivity index (χ0) is 13.2. The predicted octanol–water partition coefficient (Wildman–Crippen LogP) is 2.72. The molecule has 1 heterocycles. The molecule has 1 aliphatic carbocycles. The highest BCUT2D eigenvalue weighted by Gasteiger charge is 2.14. The number of ketones is 1. The Morgan fingerprint density at radius 2 is 2.16 bits per heavy atom. The van der Waals surface area contributed by atoms with E-state index in [1.807, 2.05) is 23.9 Å². The smallest absolute Gasteiger partial charge is 0.163 e. The Bertz CT molecular complexity index is 613. The van der Waals surface area contributed by atoms with Crippen LogP contribution in [-0.2, 0) is 26.3 Å². The number of hydrogen-bond donors (Lipinski definition) is 0. The minimum Gasteiger partial charge on any atom is -0.338 e. The first-order chi connectivity index (χ1) is 9.24. The summed E-state index contributed by atoms with van der Waals surface area (Å²) >= 11 is 0. The monoisotopic (exact) mass is 254 g/mol. The molecule has 2 aromatic rings. The minimum atomic E-state index is 0.220. The summed E-state index contributed by atoms with van der Waals surface area (Å²) in [5.74, 6) is 1.19. The molecule has 0 fully saturated rings. The van der Waals surface area contributed by atoms with Gasteiger partial charge in [0.15, 0.2) is 5.78 Å². The molecule has 0 aliphatic heterocycles. The number of hydrogen-bond acceptors (Lipinski definition) is 2. The van der Waals surface area contributed by atoms with Crippen LogP contribution in [0.3, 0.4) is 0 Å². The maximum Gasteiger partial charge on any atom is 0.163 e. The summed E-state index contributed by atoms with van der Waals surface area (Å²) in [5.41, 5.74) is 3.64. The quantitative estimate of drug-likeness (QED) is 0.786. The van der Waals surface area contributed by atoms with E-state index in [1.54, 1.807) is 6.20 Å². The van der Waals surface area contributed by atoms with Crippen molar-refractivity contribution in [1.82, 2.24) is 9.55 Å². The van der Waals surface area contributed by atoms with Crippen molar-refractivity contribution in [3.63, 3.8) is 0 Å². The van der Waals surface area contributed by atoms with Gasteiger partial charge in [0.1, 0.15) is 5.82 Å². The van der Waals surface area contributed by atoms with E-state index >= 15 is 0 Å². The molecule has 0 spiro atoms. The summed E-state index contributed by atoms with van der Waals surface area (Å²) in [6.45, 7) is 0. The Hall–Kier alpha value is -1.90. The lowest BCUT2D eigenvalue weighted by Gasteiger charge is -2.05. The molecule has 3 heteroatoms. The molecule has 0 amide bonds. The van der Waals surface area contributed by atoms with E-state index in [0.29, 0.717) is 12.8 Å². The van der Waals surface area contributed by atoms with Crippen LogP contribution in [0.1, 0.15) is 40.2 Å². The lowest BCUT2D eigenvalue weighted by Crippen LogP contribution is -2.05. The number of nitrogens with zero attached hydrogens (tertiary/aromatic N) is 2. The van der Waals surface area contributed by atoms with Gasteiger partial charge in [0.05, 0.1) is 0 Å². The van der Waals surface area contributed by atoms with Crippen LogP contribution < -0.4 is 0 Å². The van der Waals surface area contributed by atoms with Crippen LogP contribution in [0.25, 0.3) is 0 Å². The van der Waals surface area contributed by atoms with E-state index in [0.717, 1.165) is 24.2 Å². The standard InChI is InChI=1S/C16H18N2O/c1-18-10-9-17-16(18)8-7-15(19)14-6-5-12-3-2-4-13(12)11-14/h5-6,9-11H,2-4,7-8H2,1H3. The van der Waals surface area contributed by atoms with E-state index in [2.05, 4.69) is 17.1 Å². The van der Waals surface area contributed by atoms with Gasteiger partial charge in [-0.25, -0.2) is 4.98 Å². The Kier molecular flexibility index (Phi) is 3.20. The van der Waals surface area contributed by atoms with E-state index < -0.39 is 0 Å². The van der Waals surface area contributed by atoms with Gasteiger partial charge in [-0.15, -0.1) is 0 Å². The van der Waals surface area contributed by atoms with Gasteiger partial charge < -0.3 is 4.57 Å². The van der Waals surface area contributed by atoms with Gasteiger partial charge in [-0.1, -0.05) is 12.1 Å². The molecule has 0 radical (unpaired) electrons. The SMILES string of the molecule is Cn1ccnc1CCC(=O)c1ccc2c(c1)CCC2. The van der Waals surface area contributed by atoms with Crippen molar-refractivity contribution in [1.29, 1.82) is 0 Å². The number of fused-ring (bicyclic) bond motifs is 1. The van der Waals surface area contributed by atoms with E-state index in [-0.39, 0.29) is 5.78 Å². The number of carbonyl (C=O) groups excluding carboxylic acids is 1. The third kappa shape index (κ3) is 2.46. The fraction of sp³-hybridized carbons (Fsp3) is 0.375. The minimum absolute atomic E-state index is 0.220. The number of aromatic nitrogens is 2. The molecule has 98 valence electrons. The highest BCUT2D eigenvalue weighted by atomic mass is 16.1. The molecule has 0 unspecified atom stereocenters. The van der Waals surface area contributed by atoms with Gasteiger partial charge in [-0.05, 0) is 36.5 Å². The zero-order valence-electron chi connectivity index (χ0n) is 11.2. The molecule has 0 saturated heterocycles. The summed E-state index contributed by atoms with van der Waals surface area (Å²) in [4.78, 5) is 16.5. The fourth-order valence-electron chi connectivity index (χ4n) is 2.75. The maximum absolute atomic E-state index is 12.2. The summed E-state index contributed by atoms with van der Waals surface area (Å²) in [7, 11) is 1.96. The van der Waals surface area contributed by atoms with Crippen molar-refractivity contribution in [3.8, 4) is 0 Å². The van der Waals surface area contributed by atoms with Gasteiger partial charge in [-0.2, -0.15) is 0 Å². The molecule has 1 aromatic heterocycles. The topological polar surface area (TPSA) is 34.9 Å². The highest BCUT2D eigenvalue weighted by Crippen LogP contribution is 2.23. The lowest BCUT2D eigenvalue weighted by atomic mass is 10.0. The largest absolute Gasteiger partial charge is 0.338 e. The number of rotatable bonds is 4. The number of carbonyl (C=O) groups is 1. The lowest BCUT2D eigenvalue weighted by molar-refractivity contribution is 0.0982. The van der Waals surface area contributed by atoms with Crippen LogP contribution in [0.2, 0.25) is 0 Å². The molecule has 0 N–H and O–H groups in total.